The van der Waals surface area contributed by atoms with Gasteiger partial charge in [-0.15, -0.1) is 0 Å². The van der Waals surface area contributed by atoms with Crippen molar-refractivity contribution in [2.45, 2.75) is 6.92 Å². The van der Waals surface area contributed by atoms with Gasteiger partial charge in [-0.25, -0.2) is 4.98 Å². The Labute approximate surface area is 75.3 Å². The molecule has 2 aromatic rings. The molecule has 13 heavy (non-hydrogen) atoms. The first-order valence-corrected chi connectivity index (χ1v) is 3.97. The monoisotopic (exact) mass is 174 g/mol. The molecule has 4 N–H and O–H groups in total. The van der Waals surface area contributed by atoms with Gasteiger partial charge in [0.1, 0.15) is 11.5 Å². The molecule has 0 radical (unpaired) electrons. The lowest BCUT2D eigenvalue weighted by Gasteiger charge is -1.97. The molecule has 0 unspecified atom stereocenters. The van der Waals surface area contributed by atoms with E-state index in [9.17, 15) is 0 Å². The van der Waals surface area contributed by atoms with Crippen LogP contribution in [-0.4, -0.2) is 15.8 Å². The minimum atomic E-state index is 0.0754. The number of hydrogen-bond acceptors (Lipinski definition) is 2. The highest BCUT2D eigenvalue weighted by atomic mass is 14.9. The highest BCUT2D eigenvalue weighted by Crippen LogP contribution is 2.16. The number of hydrogen-bond donors (Lipinski definition) is 3. The van der Waals surface area contributed by atoms with Gasteiger partial charge in [-0.3, -0.25) is 5.41 Å². The van der Waals surface area contributed by atoms with Crippen LogP contribution in [0.5, 0.6) is 0 Å². The number of nitrogens with zero attached hydrogens (tertiary/aromatic N) is 1. The van der Waals surface area contributed by atoms with E-state index in [1.807, 2.05) is 13.0 Å². The van der Waals surface area contributed by atoms with E-state index in [1.165, 1.54) is 0 Å². The van der Waals surface area contributed by atoms with E-state index in [1.54, 1.807) is 12.3 Å². The predicted molar refractivity (Wildman–Crippen MR) is 51.8 cm³/mol. The van der Waals surface area contributed by atoms with Crippen molar-refractivity contribution < 1.29 is 0 Å². The second kappa shape index (κ2) is 2.58. The van der Waals surface area contributed by atoms with E-state index in [0.717, 1.165) is 22.3 Å². The smallest absolute Gasteiger partial charge is 0.138 e. The van der Waals surface area contributed by atoms with Crippen molar-refractivity contribution in [1.29, 1.82) is 5.41 Å². The summed E-state index contributed by atoms with van der Waals surface area (Å²) in [6, 6.07) is 3.69. The van der Waals surface area contributed by atoms with Crippen molar-refractivity contribution in [1.82, 2.24) is 9.97 Å². The van der Waals surface area contributed by atoms with Crippen LogP contribution < -0.4 is 5.73 Å². The lowest BCUT2D eigenvalue weighted by Crippen LogP contribution is -2.11. The largest absolute Gasteiger partial charge is 0.384 e. The van der Waals surface area contributed by atoms with Crippen LogP contribution in [-0.2, 0) is 0 Å². The van der Waals surface area contributed by atoms with Gasteiger partial charge in [-0.2, -0.15) is 0 Å². The molecule has 0 aliphatic heterocycles. The molecular weight excluding hydrogens is 164 g/mol. The molecule has 66 valence electrons. The van der Waals surface area contributed by atoms with E-state index in [0.29, 0.717) is 0 Å². The second-order valence-corrected chi connectivity index (χ2v) is 2.99. The Bertz CT molecular complexity index is 469. The average Bonchev–Trinajstić information content (AvgIpc) is 2.43. The Hall–Kier alpha value is -1.84. The highest BCUT2D eigenvalue weighted by Gasteiger charge is 2.05. The highest BCUT2D eigenvalue weighted by molar-refractivity contribution is 6.06. The van der Waals surface area contributed by atoms with Crippen LogP contribution in [0.3, 0.4) is 0 Å². The summed E-state index contributed by atoms with van der Waals surface area (Å²) in [6.45, 7) is 1.95. The Morgan fingerprint density at radius 3 is 3.08 bits per heavy atom. The summed E-state index contributed by atoms with van der Waals surface area (Å²) in [7, 11) is 0. The van der Waals surface area contributed by atoms with Crippen LogP contribution in [0, 0.1) is 12.3 Å². The zero-order valence-corrected chi connectivity index (χ0v) is 7.26. The van der Waals surface area contributed by atoms with Crippen molar-refractivity contribution >= 4 is 16.9 Å². The van der Waals surface area contributed by atoms with Gasteiger partial charge >= 0.3 is 0 Å². The van der Waals surface area contributed by atoms with E-state index in [4.69, 9.17) is 11.1 Å². The van der Waals surface area contributed by atoms with Crippen LogP contribution in [0.2, 0.25) is 0 Å². The van der Waals surface area contributed by atoms with E-state index in [2.05, 4.69) is 9.97 Å². The van der Waals surface area contributed by atoms with Gasteiger partial charge in [0.05, 0.1) is 0 Å². The Morgan fingerprint density at radius 1 is 1.62 bits per heavy atom. The number of nitrogen functional groups attached to an aromatic ring is 1. The fourth-order valence-electron chi connectivity index (χ4n) is 1.39. The third kappa shape index (κ3) is 1.16. The lowest BCUT2D eigenvalue weighted by atomic mass is 10.1. The number of aromatic nitrogens is 2. The molecule has 0 aliphatic rings. The predicted octanol–water partition coefficient (Wildman–Crippen LogP) is 1.16. The van der Waals surface area contributed by atoms with E-state index < -0.39 is 0 Å². The first-order valence-electron chi connectivity index (χ1n) is 3.97. The third-order valence-electron chi connectivity index (χ3n) is 1.96. The fourth-order valence-corrected chi connectivity index (χ4v) is 1.39. The Morgan fingerprint density at radius 2 is 2.38 bits per heavy atom. The summed E-state index contributed by atoms with van der Waals surface area (Å²) in [5, 5.41) is 8.27. The summed E-state index contributed by atoms with van der Waals surface area (Å²) in [5.74, 6) is 0.0754. The summed E-state index contributed by atoms with van der Waals surface area (Å²) in [5.41, 5.74) is 7.97. The van der Waals surface area contributed by atoms with E-state index in [-0.39, 0.29) is 5.84 Å². The number of rotatable bonds is 1. The average molecular weight is 174 g/mol. The van der Waals surface area contributed by atoms with Crippen molar-refractivity contribution in [2.75, 3.05) is 0 Å². The van der Waals surface area contributed by atoms with E-state index >= 15 is 0 Å². The third-order valence-corrected chi connectivity index (χ3v) is 1.96. The molecule has 0 aliphatic carbocycles. The maximum absolute atomic E-state index is 7.36. The van der Waals surface area contributed by atoms with Crippen molar-refractivity contribution in [3.8, 4) is 0 Å². The van der Waals surface area contributed by atoms with Crippen LogP contribution in [0.15, 0.2) is 18.3 Å². The van der Waals surface area contributed by atoms with Gasteiger partial charge in [-0.05, 0) is 19.1 Å². The quantitative estimate of drug-likeness (QED) is 0.448. The molecule has 0 aromatic carbocycles. The summed E-state index contributed by atoms with van der Waals surface area (Å²) < 4.78 is 0. The normalized spacial score (nSPS) is 10.5. The molecule has 0 saturated heterocycles. The molecule has 0 fully saturated rings. The number of nitrogens with one attached hydrogen (secondary N) is 2. The van der Waals surface area contributed by atoms with Crippen molar-refractivity contribution in [3.63, 3.8) is 0 Å². The number of H-pyrrole nitrogens is 1. The zero-order valence-electron chi connectivity index (χ0n) is 7.26. The fraction of sp³-hybridized carbons (Fsp3) is 0.111. The molecule has 4 heteroatoms. The molecular formula is C9H10N4. The van der Waals surface area contributed by atoms with Crippen molar-refractivity contribution in [2.24, 2.45) is 5.73 Å². The van der Waals surface area contributed by atoms with Gasteiger partial charge < -0.3 is 10.7 Å². The number of amidine groups is 1. The topological polar surface area (TPSA) is 78.6 Å². The standard InChI is InChI=1S/C9H10N4/c1-5-4-7-6(8(10)11)2-3-12-9(7)13-5/h2-4H,1H3,(H3,10,11)(H,12,13). The van der Waals surface area contributed by atoms with Crippen LogP contribution in [0.25, 0.3) is 11.0 Å². The molecule has 2 rings (SSSR count). The zero-order chi connectivity index (χ0) is 9.42. The Kier molecular flexibility index (Phi) is 1.55. The first-order chi connectivity index (χ1) is 6.18. The summed E-state index contributed by atoms with van der Waals surface area (Å²) in [6.07, 6.45) is 1.65. The van der Waals surface area contributed by atoms with Gasteiger partial charge in [0, 0.05) is 22.8 Å². The SMILES string of the molecule is Cc1cc2c(C(=N)N)ccnc2[nH]1. The van der Waals surface area contributed by atoms with Gasteiger partial charge in [0.15, 0.2) is 0 Å². The minimum absolute atomic E-state index is 0.0754. The minimum Gasteiger partial charge on any atom is -0.384 e. The van der Waals surface area contributed by atoms with Gasteiger partial charge in [-0.1, -0.05) is 0 Å². The lowest BCUT2D eigenvalue weighted by molar-refractivity contribution is 1.25. The molecule has 0 atom stereocenters. The number of aryl methyl sites for hydroxylation is 1. The molecule has 0 amide bonds. The van der Waals surface area contributed by atoms with Crippen LogP contribution in [0.4, 0.5) is 0 Å². The first kappa shape index (κ1) is 7.79. The summed E-state index contributed by atoms with van der Waals surface area (Å²) >= 11 is 0. The van der Waals surface area contributed by atoms with Crippen molar-refractivity contribution in [3.05, 3.63) is 29.6 Å². The van der Waals surface area contributed by atoms with Crippen LogP contribution >= 0.6 is 0 Å². The Balaban J connectivity index is 2.82. The molecule has 4 nitrogen and oxygen atoms in total. The number of fused-ring (bicyclic) bond motifs is 1. The molecule has 2 aromatic heterocycles. The number of aromatic amines is 1. The molecule has 0 spiro atoms. The molecule has 2 heterocycles. The number of pyridine rings is 1. The van der Waals surface area contributed by atoms with Crippen LogP contribution in [0.1, 0.15) is 11.3 Å². The second-order valence-electron chi connectivity index (χ2n) is 2.99. The number of nitrogens with two attached hydrogens (primary N) is 1. The molecule has 0 saturated carbocycles. The molecule has 0 bridgehead atoms. The maximum atomic E-state index is 7.36. The van der Waals surface area contributed by atoms with Gasteiger partial charge in [0.2, 0.25) is 0 Å². The van der Waals surface area contributed by atoms with Gasteiger partial charge in [0.25, 0.3) is 0 Å². The summed E-state index contributed by atoms with van der Waals surface area (Å²) in [4.78, 5) is 7.23. The maximum Gasteiger partial charge on any atom is 0.138 e.